The van der Waals surface area contributed by atoms with Gasteiger partial charge in [-0.3, -0.25) is 9.59 Å². The highest BCUT2D eigenvalue weighted by Gasteiger charge is 2.35. The van der Waals surface area contributed by atoms with Crippen LogP contribution in [0.15, 0.2) is 48.5 Å². The Balaban J connectivity index is 0.00000400. The van der Waals surface area contributed by atoms with E-state index in [-0.39, 0.29) is 30.1 Å². The second-order valence-corrected chi connectivity index (χ2v) is 11.1. The van der Waals surface area contributed by atoms with Crippen LogP contribution >= 0.6 is 12.4 Å². The summed E-state index contributed by atoms with van der Waals surface area (Å²) in [6.45, 7) is 13.2. The zero-order valence-electron chi connectivity index (χ0n) is 23.2. The lowest BCUT2D eigenvalue weighted by Gasteiger charge is -2.36. The molecule has 2 heterocycles. The first-order valence-electron chi connectivity index (χ1n) is 13.6. The number of nitrogens with zero attached hydrogens (tertiary/aromatic N) is 2. The standard InChI is InChI=1S/C30H42N4O3.ClH/c1-22(2)24-12-10-23(11-13-24)20-32-28(35)25-7-6-16-34(21-25)26-8-5-9-27(19-26)37-30(3,4)29(36)33-17-14-31-15-18-33;/h5,8-13,19,22,25,31H,6-7,14-18,20-21H2,1-4H3,(H,32,35);1H/t25-;/m1./s1. The maximum atomic E-state index is 13.1. The Bertz CT molecular complexity index is 1070. The average molecular weight is 543 g/mol. The molecule has 38 heavy (non-hydrogen) atoms. The third-order valence-corrected chi connectivity index (χ3v) is 7.38. The van der Waals surface area contributed by atoms with Gasteiger partial charge in [-0.2, -0.15) is 0 Å². The van der Waals surface area contributed by atoms with Gasteiger partial charge in [0.2, 0.25) is 5.91 Å². The summed E-state index contributed by atoms with van der Waals surface area (Å²) in [6.07, 6.45) is 1.84. The van der Waals surface area contributed by atoms with Gasteiger partial charge in [0.25, 0.3) is 5.91 Å². The van der Waals surface area contributed by atoms with Crippen LogP contribution in [0.25, 0.3) is 0 Å². The number of hydrogen-bond donors (Lipinski definition) is 2. The van der Waals surface area contributed by atoms with Gasteiger partial charge in [-0.15, -0.1) is 12.4 Å². The third kappa shape index (κ3) is 7.64. The van der Waals surface area contributed by atoms with E-state index in [0.29, 0.717) is 37.8 Å². The molecule has 0 radical (unpaired) electrons. The van der Waals surface area contributed by atoms with Gasteiger partial charge in [-0.25, -0.2) is 0 Å². The fourth-order valence-corrected chi connectivity index (χ4v) is 5.11. The van der Waals surface area contributed by atoms with Crippen molar-refractivity contribution in [3.05, 3.63) is 59.7 Å². The molecule has 0 spiro atoms. The quantitative estimate of drug-likeness (QED) is 0.519. The minimum absolute atomic E-state index is 0. The summed E-state index contributed by atoms with van der Waals surface area (Å²) in [5.41, 5.74) is 2.49. The summed E-state index contributed by atoms with van der Waals surface area (Å²) in [4.78, 5) is 30.2. The number of ether oxygens (including phenoxy) is 1. The average Bonchev–Trinajstić information content (AvgIpc) is 2.92. The molecule has 2 aromatic carbocycles. The van der Waals surface area contributed by atoms with Crippen LogP contribution in [0, 0.1) is 5.92 Å². The Morgan fingerprint density at radius 2 is 1.79 bits per heavy atom. The normalized spacial score (nSPS) is 18.1. The van der Waals surface area contributed by atoms with E-state index in [1.807, 2.05) is 36.9 Å². The first kappa shape index (κ1) is 29.8. The summed E-state index contributed by atoms with van der Waals surface area (Å²) in [5.74, 6) is 1.22. The first-order chi connectivity index (χ1) is 17.7. The molecule has 7 nitrogen and oxygen atoms in total. The number of carbonyl (C=O) groups is 2. The molecule has 0 aliphatic carbocycles. The molecule has 208 valence electrons. The molecule has 0 unspecified atom stereocenters. The van der Waals surface area contributed by atoms with Crippen LogP contribution in [0.5, 0.6) is 5.75 Å². The number of piperazine rings is 1. The van der Waals surface area contributed by atoms with E-state index in [4.69, 9.17) is 4.74 Å². The molecular weight excluding hydrogens is 500 g/mol. The molecular formula is C30H43ClN4O3. The van der Waals surface area contributed by atoms with Crippen LogP contribution in [0.3, 0.4) is 0 Å². The highest BCUT2D eigenvalue weighted by Crippen LogP contribution is 2.29. The smallest absolute Gasteiger partial charge is 0.266 e. The molecule has 0 saturated carbocycles. The Morgan fingerprint density at radius 1 is 1.08 bits per heavy atom. The molecule has 2 N–H and O–H groups in total. The lowest BCUT2D eigenvalue weighted by atomic mass is 9.96. The monoisotopic (exact) mass is 542 g/mol. The largest absolute Gasteiger partial charge is 0.478 e. The van der Waals surface area contributed by atoms with Crippen LogP contribution in [0.2, 0.25) is 0 Å². The molecule has 2 saturated heterocycles. The van der Waals surface area contributed by atoms with Gasteiger partial charge in [0, 0.05) is 57.6 Å². The Labute approximate surface area is 233 Å². The van der Waals surface area contributed by atoms with E-state index in [0.717, 1.165) is 43.7 Å². The second-order valence-electron chi connectivity index (χ2n) is 11.1. The molecule has 2 amide bonds. The SMILES string of the molecule is CC(C)c1ccc(CNC(=O)[C@@H]2CCCN(c3cccc(OC(C)(C)C(=O)N4CCNCC4)c3)C2)cc1.Cl. The van der Waals surface area contributed by atoms with E-state index >= 15 is 0 Å². The maximum Gasteiger partial charge on any atom is 0.266 e. The second kappa shape index (κ2) is 13.3. The lowest BCUT2D eigenvalue weighted by Crippen LogP contribution is -2.54. The number of nitrogens with one attached hydrogen (secondary N) is 2. The van der Waals surface area contributed by atoms with Gasteiger partial charge < -0.3 is 25.2 Å². The van der Waals surface area contributed by atoms with Crippen molar-refractivity contribution < 1.29 is 14.3 Å². The van der Waals surface area contributed by atoms with Crippen molar-refractivity contribution in [3.63, 3.8) is 0 Å². The molecule has 2 aromatic rings. The highest BCUT2D eigenvalue weighted by molar-refractivity contribution is 5.85. The van der Waals surface area contributed by atoms with Crippen molar-refractivity contribution >= 4 is 29.9 Å². The summed E-state index contributed by atoms with van der Waals surface area (Å²) >= 11 is 0. The van der Waals surface area contributed by atoms with Crippen molar-refractivity contribution in [2.24, 2.45) is 5.92 Å². The topological polar surface area (TPSA) is 73.9 Å². The molecule has 2 aliphatic rings. The van der Waals surface area contributed by atoms with E-state index in [9.17, 15) is 9.59 Å². The fraction of sp³-hybridized carbons (Fsp3) is 0.533. The minimum atomic E-state index is -0.951. The summed E-state index contributed by atoms with van der Waals surface area (Å²) in [7, 11) is 0. The predicted octanol–water partition coefficient (Wildman–Crippen LogP) is 4.35. The molecule has 8 heteroatoms. The predicted molar refractivity (Wildman–Crippen MR) is 155 cm³/mol. The van der Waals surface area contributed by atoms with E-state index < -0.39 is 5.60 Å². The number of benzene rings is 2. The van der Waals surface area contributed by atoms with Gasteiger partial charge in [0.15, 0.2) is 5.60 Å². The van der Waals surface area contributed by atoms with E-state index in [1.165, 1.54) is 5.56 Å². The van der Waals surface area contributed by atoms with Crippen molar-refractivity contribution in [2.45, 2.75) is 58.6 Å². The van der Waals surface area contributed by atoms with Gasteiger partial charge in [0.05, 0.1) is 5.92 Å². The van der Waals surface area contributed by atoms with Crippen LogP contribution in [-0.4, -0.2) is 61.6 Å². The lowest BCUT2D eigenvalue weighted by molar-refractivity contribution is -0.146. The number of piperidine rings is 1. The van der Waals surface area contributed by atoms with Crippen LogP contribution in [0.4, 0.5) is 5.69 Å². The van der Waals surface area contributed by atoms with Crippen LogP contribution in [0.1, 0.15) is 57.6 Å². The summed E-state index contributed by atoms with van der Waals surface area (Å²) < 4.78 is 6.22. The third-order valence-electron chi connectivity index (χ3n) is 7.38. The van der Waals surface area contributed by atoms with Crippen molar-refractivity contribution in [2.75, 3.05) is 44.2 Å². The molecule has 2 aliphatic heterocycles. The number of rotatable bonds is 8. The minimum Gasteiger partial charge on any atom is -0.478 e. The molecule has 1 atom stereocenters. The number of halogens is 1. The molecule has 4 rings (SSSR count). The summed E-state index contributed by atoms with van der Waals surface area (Å²) in [5, 5.41) is 6.42. The molecule has 0 bridgehead atoms. The maximum absolute atomic E-state index is 13.1. The Hall–Kier alpha value is -2.77. The number of carbonyl (C=O) groups excluding carboxylic acids is 2. The van der Waals surface area contributed by atoms with Crippen molar-refractivity contribution in [1.82, 2.24) is 15.5 Å². The van der Waals surface area contributed by atoms with Crippen LogP contribution < -0.4 is 20.3 Å². The highest BCUT2D eigenvalue weighted by atomic mass is 35.5. The fourth-order valence-electron chi connectivity index (χ4n) is 5.11. The van der Waals surface area contributed by atoms with Crippen molar-refractivity contribution in [3.8, 4) is 5.75 Å². The zero-order chi connectivity index (χ0) is 26.4. The summed E-state index contributed by atoms with van der Waals surface area (Å²) in [6, 6.07) is 16.4. The first-order valence-corrected chi connectivity index (χ1v) is 13.6. The molecule has 2 fully saturated rings. The molecule has 0 aromatic heterocycles. The Morgan fingerprint density at radius 3 is 2.47 bits per heavy atom. The van der Waals surface area contributed by atoms with Gasteiger partial charge >= 0.3 is 0 Å². The zero-order valence-corrected chi connectivity index (χ0v) is 24.0. The van der Waals surface area contributed by atoms with Gasteiger partial charge in [0.1, 0.15) is 5.75 Å². The van der Waals surface area contributed by atoms with Crippen molar-refractivity contribution in [1.29, 1.82) is 0 Å². The van der Waals surface area contributed by atoms with Gasteiger partial charge in [-0.1, -0.05) is 44.2 Å². The van der Waals surface area contributed by atoms with Crippen LogP contribution in [-0.2, 0) is 16.1 Å². The Kier molecular flexibility index (Phi) is 10.5. The number of hydrogen-bond acceptors (Lipinski definition) is 5. The van der Waals surface area contributed by atoms with E-state index in [2.05, 4.69) is 59.7 Å². The number of anilines is 1. The van der Waals surface area contributed by atoms with E-state index in [1.54, 1.807) is 0 Å². The number of amides is 2. The van der Waals surface area contributed by atoms with Gasteiger partial charge in [-0.05, 0) is 55.9 Å².